The van der Waals surface area contributed by atoms with Crippen LogP contribution in [-0.4, -0.2) is 22.7 Å². The zero-order valence-electron chi connectivity index (χ0n) is 15.7. The highest BCUT2D eigenvalue weighted by molar-refractivity contribution is 8.14. The van der Waals surface area contributed by atoms with Crippen LogP contribution in [-0.2, 0) is 9.59 Å². The maximum Gasteiger partial charge on any atom is 0.248 e. The third kappa shape index (κ3) is 5.29. The minimum absolute atomic E-state index is 0.101. The standard InChI is InChI=1S/C20H17Cl3N4O2S/c1-10-16(19(24)29)18(13-3-2-4-14(22)17(13)23)27-20(25-10)30-9-15(28)26-12-7-5-11(21)6-8-12/h2-8,18H,9H2,1H3,(H2,24,29)(H,25,27)(H,26,28)/t18-/m1/s1. The molecular weight excluding hydrogens is 467 g/mol. The first kappa shape index (κ1) is 22.5. The van der Waals surface area contributed by atoms with Gasteiger partial charge in [-0.05, 0) is 37.3 Å². The van der Waals surface area contributed by atoms with Crippen LogP contribution in [0.15, 0.2) is 58.7 Å². The number of amides is 2. The molecule has 1 aliphatic heterocycles. The summed E-state index contributed by atoms with van der Waals surface area (Å²) < 4.78 is 0. The molecule has 3 rings (SSSR count). The average molecular weight is 484 g/mol. The van der Waals surface area contributed by atoms with Crippen LogP contribution >= 0.6 is 46.6 Å². The number of nitrogens with one attached hydrogen (secondary N) is 2. The minimum atomic E-state index is -0.725. The normalized spacial score (nSPS) is 16.0. The number of nitrogens with zero attached hydrogens (tertiary/aromatic N) is 1. The molecule has 0 saturated heterocycles. The molecule has 156 valence electrons. The van der Waals surface area contributed by atoms with Gasteiger partial charge in [-0.15, -0.1) is 0 Å². The molecule has 0 spiro atoms. The van der Waals surface area contributed by atoms with Crippen molar-refractivity contribution in [3.63, 3.8) is 0 Å². The Morgan fingerprint density at radius 3 is 2.53 bits per heavy atom. The summed E-state index contributed by atoms with van der Waals surface area (Å²) in [5.74, 6) is -0.732. The predicted octanol–water partition coefficient (Wildman–Crippen LogP) is 4.78. The van der Waals surface area contributed by atoms with E-state index in [0.717, 1.165) is 0 Å². The van der Waals surface area contributed by atoms with E-state index in [4.69, 9.17) is 40.5 Å². The Hall–Kier alpha value is -2.19. The van der Waals surface area contributed by atoms with Gasteiger partial charge < -0.3 is 16.4 Å². The second-order valence-corrected chi connectivity index (χ2v) is 8.54. The molecule has 2 aromatic carbocycles. The summed E-state index contributed by atoms with van der Waals surface area (Å²) in [5.41, 5.74) is 7.60. The molecule has 0 saturated carbocycles. The van der Waals surface area contributed by atoms with Gasteiger partial charge in [-0.3, -0.25) is 9.59 Å². The van der Waals surface area contributed by atoms with Gasteiger partial charge in [-0.25, -0.2) is 4.99 Å². The molecule has 2 aromatic rings. The van der Waals surface area contributed by atoms with Crippen molar-refractivity contribution in [3.8, 4) is 0 Å². The third-order valence-corrected chi connectivity index (χ3v) is 6.20. The highest BCUT2D eigenvalue weighted by atomic mass is 35.5. The van der Waals surface area contributed by atoms with Gasteiger partial charge in [0.05, 0.1) is 21.4 Å². The van der Waals surface area contributed by atoms with Gasteiger partial charge in [0.25, 0.3) is 0 Å². The molecule has 4 N–H and O–H groups in total. The first-order valence-corrected chi connectivity index (χ1v) is 10.9. The first-order valence-electron chi connectivity index (χ1n) is 8.73. The summed E-state index contributed by atoms with van der Waals surface area (Å²) in [6.45, 7) is 1.72. The lowest BCUT2D eigenvalue weighted by atomic mass is 9.96. The molecule has 0 aromatic heterocycles. The summed E-state index contributed by atoms with van der Waals surface area (Å²) >= 11 is 19.5. The monoisotopic (exact) mass is 482 g/mol. The number of nitrogens with two attached hydrogens (primary N) is 1. The number of hydrogen-bond acceptors (Lipinski definition) is 5. The summed E-state index contributed by atoms with van der Waals surface area (Å²) in [6.07, 6.45) is 0. The Morgan fingerprint density at radius 2 is 1.87 bits per heavy atom. The van der Waals surface area contributed by atoms with E-state index in [9.17, 15) is 9.59 Å². The minimum Gasteiger partial charge on any atom is -0.366 e. The van der Waals surface area contributed by atoms with Crippen LogP contribution in [0.3, 0.4) is 0 Å². The molecule has 0 fully saturated rings. The average Bonchev–Trinajstić information content (AvgIpc) is 2.69. The molecule has 0 unspecified atom stereocenters. The van der Waals surface area contributed by atoms with Crippen molar-refractivity contribution in [3.05, 3.63) is 74.4 Å². The van der Waals surface area contributed by atoms with Crippen LogP contribution in [0.2, 0.25) is 15.1 Å². The Morgan fingerprint density at radius 1 is 1.17 bits per heavy atom. The number of aliphatic imine (C=N–C) groups is 1. The summed E-state index contributed by atoms with van der Waals surface area (Å²) in [6, 6.07) is 11.2. The van der Waals surface area contributed by atoms with Gasteiger partial charge in [0.2, 0.25) is 11.8 Å². The Balaban J connectivity index is 1.78. The second kappa shape index (κ2) is 9.75. The maximum absolute atomic E-state index is 12.3. The van der Waals surface area contributed by atoms with Gasteiger partial charge in [0.1, 0.15) is 6.04 Å². The second-order valence-electron chi connectivity index (χ2n) is 6.35. The number of thioether (sulfide) groups is 1. The topological polar surface area (TPSA) is 96.6 Å². The lowest BCUT2D eigenvalue weighted by molar-refractivity contribution is -0.115. The van der Waals surface area contributed by atoms with E-state index >= 15 is 0 Å². The Labute approximate surface area is 192 Å². The van der Waals surface area contributed by atoms with Gasteiger partial charge >= 0.3 is 0 Å². The zero-order chi connectivity index (χ0) is 21.8. The van der Waals surface area contributed by atoms with Crippen molar-refractivity contribution in [1.82, 2.24) is 5.32 Å². The SMILES string of the molecule is CC1=C(C(N)=O)[C@@H](c2cccc(Cl)c2Cl)N=C(SCC(=O)Nc2ccc(Cl)cc2)N1. The first-order chi connectivity index (χ1) is 14.3. The number of amidine groups is 1. The molecule has 1 atom stereocenters. The lowest BCUT2D eigenvalue weighted by Gasteiger charge is -2.26. The Bertz CT molecular complexity index is 1050. The van der Waals surface area contributed by atoms with Gasteiger partial charge in [0, 0.05) is 22.0 Å². The van der Waals surface area contributed by atoms with E-state index in [2.05, 4.69) is 15.6 Å². The molecule has 1 aliphatic rings. The van der Waals surface area contributed by atoms with Crippen LogP contribution < -0.4 is 16.4 Å². The molecule has 0 aliphatic carbocycles. The quantitative estimate of drug-likeness (QED) is 0.570. The lowest BCUT2D eigenvalue weighted by Crippen LogP contribution is -2.33. The fraction of sp³-hybridized carbons (Fsp3) is 0.150. The molecular formula is C20H17Cl3N4O2S. The van der Waals surface area contributed by atoms with Crippen molar-refractivity contribution in [2.75, 3.05) is 11.1 Å². The number of carbonyl (C=O) groups is 2. The van der Waals surface area contributed by atoms with Crippen molar-refractivity contribution < 1.29 is 9.59 Å². The number of carbonyl (C=O) groups excluding carboxylic acids is 2. The van der Waals surface area contributed by atoms with E-state index < -0.39 is 11.9 Å². The number of primary amides is 1. The summed E-state index contributed by atoms with van der Waals surface area (Å²) in [5, 5.41) is 7.50. The molecule has 0 bridgehead atoms. The van der Waals surface area contributed by atoms with Crippen LogP contribution in [0.5, 0.6) is 0 Å². The van der Waals surface area contributed by atoms with E-state index in [1.165, 1.54) is 11.8 Å². The number of benzene rings is 2. The van der Waals surface area contributed by atoms with Crippen molar-refractivity contribution in [2.24, 2.45) is 10.7 Å². The smallest absolute Gasteiger partial charge is 0.248 e. The van der Waals surface area contributed by atoms with Crippen molar-refractivity contribution in [2.45, 2.75) is 13.0 Å². The molecule has 10 heteroatoms. The highest BCUT2D eigenvalue weighted by Crippen LogP contribution is 2.38. The fourth-order valence-corrected chi connectivity index (χ4v) is 4.14. The summed E-state index contributed by atoms with van der Waals surface area (Å²) in [7, 11) is 0. The fourth-order valence-electron chi connectivity index (χ4n) is 2.86. The Kier molecular flexibility index (Phi) is 7.31. The predicted molar refractivity (Wildman–Crippen MR) is 124 cm³/mol. The molecule has 2 amide bonds. The van der Waals surface area contributed by atoms with E-state index in [1.807, 2.05) is 0 Å². The van der Waals surface area contributed by atoms with E-state index in [1.54, 1.807) is 49.4 Å². The van der Waals surface area contributed by atoms with Gasteiger partial charge in [0.15, 0.2) is 5.17 Å². The van der Waals surface area contributed by atoms with Crippen LogP contribution in [0.4, 0.5) is 5.69 Å². The molecule has 1 heterocycles. The van der Waals surface area contributed by atoms with Crippen LogP contribution in [0.1, 0.15) is 18.5 Å². The van der Waals surface area contributed by atoms with Crippen LogP contribution in [0.25, 0.3) is 0 Å². The largest absolute Gasteiger partial charge is 0.366 e. The highest BCUT2D eigenvalue weighted by Gasteiger charge is 2.30. The van der Waals surface area contributed by atoms with Gasteiger partial charge in [-0.1, -0.05) is 58.7 Å². The number of allylic oxidation sites excluding steroid dienone is 1. The number of anilines is 1. The molecule has 0 radical (unpaired) electrons. The zero-order valence-corrected chi connectivity index (χ0v) is 18.8. The number of halogens is 3. The summed E-state index contributed by atoms with van der Waals surface area (Å²) in [4.78, 5) is 28.9. The third-order valence-electron chi connectivity index (χ3n) is 4.23. The number of rotatable bonds is 5. The van der Waals surface area contributed by atoms with Crippen molar-refractivity contribution >= 4 is 69.2 Å². The van der Waals surface area contributed by atoms with E-state index in [0.29, 0.717) is 37.2 Å². The molecule has 30 heavy (non-hydrogen) atoms. The van der Waals surface area contributed by atoms with Crippen molar-refractivity contribution in [1.29, 1.82) is 0 Å². The number of hydrogen-bond donors (Lipinski definition) is 3. The maximum atomic E-state index is 12.3. The molecule has 6 nitrogen and oxygen atoms in total. The van der Waals surface area contributed by atoms with Gasteiger partial charge in [-0.2, -0.15) is 0 Å². The van der Waals surface area contributed by atoms with E-state index in [-0.39, 0.29) is 17.2 Å². The van der Waals surface area contributed by atoms with Crippen LogP contribution in [0, 0.1) is 0 Å².